The van der Waals surface area contributed by atoms with Crippen LogP contribution in [-0.2, 0) is 9.47 Å². The van der Waals surface area contributed by atoms with Gasteiger partial charge in [0.1, 0.15) is 6.61 Å². The maximum absolute atomic E-state index is 6.02. The smallest absolute Gasteiger partial charge is 0.108 e. The molecule has 0 saturated carbocycles. The highest BCUT2D eigenvalue weighted by Gasteiger charge is 2.57. The Bertz CT molecular complexity index is 288. The van der Waals surface area contributed by atoms with Crippen LogP contribution in [0.3, 0.4) is 0 Å². The summed E-state index contributed by atoms with van der Waals surface area (Å²) in [6.07, 6.45) is 3.55. The van der Waals surface area contributed by atoms with Gasteiger partial charge in [0.25, 0.3) is 0 Å². The van der Waals surface area contributed by atoms with Gasteiger partial charge in [0.15, 0.2) is 0 Å². The Morgan fingerprint density at radius 2 is 2.21 bits per heavy atom. The first-order valence-electron chi connectivity index (χ1n) is 5.29. The van der Waals surface area contributed by atoms with Crippen molar-refractivity contribution in [1.82, 2.24) is 0 Å². The molecule has 3 unspecified atom stereocenters. The van der Waals surface area contributed by atoms with Gasteiger partial charge in [-0.25, -0.2) is 0 Å². The molecule has 0 spiro atoms. The lowest BCUT2D eigenvalue weighted by molar-refractivity contribution is -0.0723. The van der Waals surface area contributed by atoms with Crippen LogP contribution in [0, 0.1) is 11.8 Å². The van der Waals surface area contributed by atoms with Gasteiger partial charge in [-0.2, -0.15) is 0 Å². The van der Waals surface area contributed by atoms with Gasteiger partial charge in [0.2, 0.25) is 0 Å². The maximum Gasteiger partial charge on any atom is 0.108 e. The van der Waals surface area contributed by atoms with Gasteiger partial charge in [-0.15, -0.1) is 5.92 Å². The molecule has 0 amide bonds. The van der Waals surface area contributed by atoms with Crippen LogP contribution in [0.25, 0.3) is 0 Å². The molecule has 2 rings (SSSR count). The molecule has 0 aliphatic carbocycles. The zero-order chi connectivity index (χ0) is 10.2. The second-order valence-electron chi connectivity index (χ2n) is 4.80. The molecular formula is C12H18O2. The summed E-state index contributed by atoms with van der Waals surface area (Å²) in [6.45, 7) is 6.72. The average molecular weight is 194 g/mol. The summed E-state index contributed by atoms with van der Waals surface area (Å²) in [4.78, 5) is 0. The summed E-state index contributed by atoms with van der Waals surface area (Å²) in [5.74, 6) is 5.78. The van der Waals surface area contributed by atoms with Gasteiger partial charge in [0.05, 0.1) is 17.3 Å². The largest absolute Gasteiger partial charge is 0.366 e. The van der Waals surface area contributed by atoms with Gasteiger partial charge in [-0.3, -0.25) is 0 Å². The van der Waals surface area contributed by atoms with Crippen molar-refractivity contribution in [2.75, 3.05) is 6.61 Å². The van der Waals surface area contributed by atoms with E-state index >= 15 is 0 Å². The lowest BCUT2D eigenvalue weighted by Gasteiger charge is -2.28. The summed E-state index contributed by atoms with van der Waals surface area (Å²) >= 11 is 0. The summed E-state index contributed by atoms with van der Waals surface area (Å²) < 4.78 is 11.8. The lowest BCUT2D eigenvalue weighted by Crippen LogP contribution is -2.37. The molecule has 14 heavy (non-hydrogen) atoms. The zero-order valence-electron chi connectivity index (χ0n) is 9.22. The Morgan fingerprint density at radius 3 is 2.71 bits per heavy atom. The topological polar surface area (TPSA) is 18.5 Å². The fourth-order valence-electron chi connectivity index (χ4n) is 2.61. The van der Waals surface area contributed by atoms with E-state index in [1.54, 1.807) is 0 Å². The second-order valence-corrected chi connectivity index (χ2v) is 4.80. The van der Waals surface area contributed by atoms with Gasteiger partial charge in [-0.1, -0.05) is 5.92 Å². The number of rotatable bonds is 2. The Balaban J connectivity index is 1.97. The molecule has 78 valence electrons. The van der Waals surface area contributed by atoms with E-state index < -0.39 is 0 Å². The molecule has 0 aromatic rings. The molecule has 2 aliphatic rings. The van der Waals surface area contributed by atoms with E-state index in [0.29, 0.717) is 6.61 Å². The first-order chi connectivity index (χ1) is 6.58. The first kappa shape index (κ1) is 10.0. The predicted octanol–water partition coefficient (Wildman–Crippen LogP) is 2.13. The van der Waals surface area contributed by atoms with E-state index in [9.17, 15) is 0 Å². The van der Waals surface area contributed by atoms with Crippen LogP contribution in [-0.4, -0.2) is 23.9 Å². The maximum atomic E-state index is 6.02. The molecular weight excluding hydrogens is 176 g/mol. The van der Waals surface area contributed by atoms with Crippen molar-refractivity contribution in [3.63, 3.8) is 0 Å². The number of hydrogen-bond acceptors (Lipinski definition) is 2. The molecule has 2 heteroatoms. The van der Waals surface area contributed by atoms with Crippen LogP contribution in [0.1, 0.15) is 40.0 Å². The normalized spacial score (nSPS) is 44.9. The highest BCUT2D eigenvalue weighted by atomic mass is 16.6. The third-order valence-electron chi connectivity index (χ3n) is 3.46. The van der Waals surface area contributed by atoms with Crippen molar-refractivity contribution in [3.05, 3.63) is 0 Å². The van der Waals surface area contributed by atoms with Crippen LogP contribution in [0.4, 0.5) is 0 Å². The van der Waals surface area contributed by atoms with E-state index in [0.717, 1.165) is 12.8 Å². The van der Waals surface area contributed by atoms with Crippen LogP contribution in [0.5, 0.6) is 0 Å². The van der Waals surface area contributed by atoms with Crippen LogP contribution < -0.4 is 0 Å². The van der Waals surface area contributed by atoms with Crippen molar-refractivity contribution in [2.24, 2.45) is 0 Å². The van der Waals surface area contributed by atoms with E-state index in [4.69, 9.17) is 9.47 Å². The van der Waals surface area contributed by atoms with Crippen molar-refractivity contribution in [2.45, 2.75) is 57.3 Å². The van der Waals surface area contributed by atoms with Crippen molar-refractivity contribution >= 4 is 0 Å². The number of hydrogen-bond donors (Lipinski definition) is 0. The molecule has 2 bridgehead atoms. The second kappa shape index (κ2) is 3.25. The Hall–Kier alpha value is -0.520. The molecule has 2 aliphatic heterocycles. The molecule has 0 aromatic carbocycles. The number of ether oxygens (including phenoxy) is 2. The third-order valence-corrected chi connectivity index (χ3v) is 3.46. The monoisotopic (exact) mass is 194 g/mol. The fraction of sp³-hybridized carbons (Fsp3) is 0.833. The highest BCUT2D eigenvalue weighted by molar-refractivity contribution is 5.07. The fourth-order valence-corrected chi connectivity index (χ4v) is 2.61. The minimum Gasteiger partial charge on any atom is -0.366 e. The SMILES string of the molecule is CC#CCOC1CC2(C)CCC1(C)O2. The lowest BCUT2D eigenvalue weighted by atomic mass is 9.82. The average Bonchev–Trinajstić information content (AvgIpc) is 2.54. The molecule has 2 fully saturated rings. The minimum absolute atomic E-state index is 0.0514. The van der Waals surface area contributed by atoms with Crippen molar-refractivity contribution in [1.29, 1.82) is 0 Å². The van der Waals surface area contributed by atoms with Crippen LogP contribution >= 0.6 is 0 Å². The van der Waals surface area contributed by atoms with E-state index in [1.165, 1.54) is 6.42 Å². The van der Waals surface area contributed by atoms with Gasteiger partial charge < -0.3 is 9.47 Å². The quantitative estimate of drug-likeness (QED) is 0.627. The summed E-state index contributed by atoms with van der Waals surface area (Å²) in [7, 11) is 0. The van der Waals surface area contributed by atoms with Gasteiger partial charge in [0, 0.05) is 6.42 Å². The zero-order valence-corrected chi connectivity index (χ0v) is 9.22. The Labute approximate surface area is 86.0 Å². The van der Waals surface area contributed by atoms with E-state index in [2.05, 4.69) is 25.7 Å². The van der Waals surface area contributed by atoms with Crippen molar-refractivity contribution < 1.29 is 9.47 Å². The minimum atomic E-state index is -0.0514. The standard InChI is InChI=1S/C12H18O2/c1-4-5-8-13-10-9-11(2)6-7-12(10,3)14-11/h10H,6-9H2,1-3H3. The molecule has 2 heterocycles. The highest BCUT2D eigenvalue weighted by Crippen LogP contribution is 2.51. The summed E-state index contributed by atoms with van der Waals surface area (Å²) in [6, 6.07) is 0. The molecule has 0 radical (unpaired) electrons. The first-order valence-corrected chi connectivity index (χ1v) is 5.29. The third kappa shape index (κ3) is 1.55. The molecule has 0 N–H and O–H groups in total. The van der Waals surface area contributed by atoms with Gasteiger partial charge >= 0.3 is 0 Å². The molecule has 3 atom stereocenters. The van der Waals surface area contributed by atoms with E-state index in [-0.39, 0.29) is 17.3 Å². The van der Waals surface area contributed by atoms with E-state index in [1.807, 2.05) is 6.92 Å². The van der Waals surface area contributed by atoms with Crippen LogP contribution in [0.2, 0.25) is 0 Å². The number of fused-ring (bicyclic) bond motifs is 2. The summed E-state index contributed by atoms with van der Waals surface area (Å²) in [5.41, 5.74) is 0.0171. The Kier molecular flexibility index (Phi) is 2.33. The molecule has 2 nitrogen and oxygen atoms in total. The summed E-state index contributed by atoms with van der Waals surface area (Å²) in [5, 5.41) is 0. The molecule has 0 aromatic heterocycles. The van der Waals surface area contributed by atoms with Crippen molar-refractivity contribution in [3.8, 4) is 11.8 Å². The van der Waals surface area contributed by atoms with Crippen LogP contribution in [0.15, 0.2) is 0 Å². The molecule has 2 saturated heterocycles. The van der Waals surface area contributed by atoms with Gasteiger partial charge in [-0.05, 0) is 33.6 Å². The predicted molar refractivity (Wildman–Crippen MR) is 54.9 cm³/mol. The Morgan fingerprint density at radius 1 is 1.43 bits per heavy atom.